The Kier molecular flexibility index (Phi) is 6.84. The molecule has 0 fully saturated rings. The summed E-state index contributed by atoms with van der Waals surface area (Å²) in [6.07, 6.45) is 3.59. The zero-order chi connectivity index (χ0) is 13.5. The number of hydrogen-bond acceptors (Lipinski definition) is 4. The third-order valence-corrected chi connectivity index (χ3v) is 2.89. The number of nitrogens with zero attached hydrogens (tertiary/aromatic N) is 1. The Morgan fingerprint density at radius 1 is 1.00 bits per heavy atom. The van der Waals surface area contributed by atoms with Crippen LogP contribution in [0.5, 0.6) is 11.5 Å². The Balaban J connectivity index is 0.00000200. The number of rotatable bonds is 6. The highest BCUT2D eigenvalue weighted by Crippen LogP contribution is 2.24. The summed E-state index contributed by atoms with van der Waals surface area (Å²) in [6.45, 7) is 1.55. The summed E-state index contributed by atoms with van der Waals surface area (Å²) in [6, 6.07) is 9.84. The maximum absolute atomic E-state index is 5.36. The lowest BCUT2D eigenvalue weighted by molar-refractivity contribution is 0.390. The summed E-state index contributed by atoms with van der Waals surface area (Å²) in [5, 5.41) is 3.38. The third kappa shape index (κ3) is 4.40. The van der Waals surface area contributed by atoms with Gasteiger partial charge in [0.2, 0.25) is 0 Å². The number of ether oxygens (including phenoxy) is 2. The van der Waals surface area contributed by atoms with Crippen LogP contribution in [0, 0.1) is 0 Å². The molecule has 1 aromatic heterocycles. The minimum atomic E-state index is 0. The van der Waals surface area contributed by atoms with Crippen molar-refractivity contribution >= 4 is 12.4 Å². The Hall–Kier alpha value is -1.78. The van der Waals surface area contributed by atoms with Crippen LogP contribution in [0.4, 0.5) is 0 Å². The molecular formula is C15H19ClN2O2. The average Bonchev–Trinajstić information content (AvgIpc) is 2.48. The van der Waals surface area contributed by atoms with Crippen molar-refractivity contribution in [3.8, 4) is 11.5 Å². The van der Waals surface area contributed by atoms with E-state index in [-0.39, 0.29) is 12.4 Å². The molecule has 0 spiro atoms. The maximum Gasteiger partial charge on any atom is 0.127 e. The fourth-order valence-corrected chi connectivity index (χ4v) is 1.84. The topological polar surface area (TPSA) is 43.4 Å². The lowest BCUT2D eigenvalue weighted by Gasteiger charge is -2.11. The standard InChI is InChI=1S/C15H18N2O2.ClH/c1-18-14-4-3-13(15(9-14)19-2)11-17-10-12-5-7-16-8-6-12;/h3-9,17H,10-11H2,1-2H3;1H. The Morgan fingerprint density at radius 3 is 2.40 bits per heavy atom. The Bertz CT molecular complexity index is 521. The predicted molar refractivity (Wildman–Crippen MR) is 81.6 cm³/mol. The number of halogens is 1. The molecule has 5 heteroatoms. The molecular weight excluding hydrogens is 276 g/mol. The SMILES string of the molecule is COc1ccc(CNCc2ccncc2)c(OC)c1.Cl. The second kappa shape index (κ2) is 8.40. The third-order valence-electron chi connectivity index (χ3n) is 2.89. The van der Waals surface area contributed by atoms with Crippen molar-refractivity contribution in [2.75, 3.05) is 14.2 Å². The summed E-state index contributed by atoms with van der Waals surface area (Å²) in [4.78, 5) is 4.00. The monoisotopic (exact) mass is 294 g/mol. The van der Waals surface area contributed by atoms with Crippen LogP contribution in [-0.4, -0.2) is 19.2 Å². The van der Waals surface area contributed by atoms with Crippen molar-refractivity contribution in [2.45, 2.75) is 13.1 Å². The molecule has 20 heavy (non-hydrogen) atoms. The van der Waals surface area contributed by atoms with Gasteiger partial charge in [-0.15, -0.1) is 12.4 Å². The quantitative estimate of drug-likeness (QED) is 0.890. The molecule has 1 aromatic carbocycles. The number of methoxy groups -OCH3 is 2. The van der Waals surface area contributed by atoms with Crippen LogP contribution in [0.25, 0.3) is 0 Å². The molecule has 0 unspecified atom stereocenters. The molecule has 0 saturated carbocycles. The summed E-state index contributed by atoms with van der Waals surface area (Å²) in [5.74, 6) is 1.64. The minimum absolute atomic E-state index is 0. The molecule has 2 rings (SSSR count). The number of pyridine rings is 1. The summed E-state index contributed by atoms with van der Waals surface area (Å²) >= 11 is 0. The van der Waals surface area contributed by atoms with Crippen molar-refractivity contribution in [3.63, 3.8) is 0 Å². The van der Waals surface area contributed by atoms with E-state index in [1.165, 1.54) is 5.56 Å². The van der Waals surface area contributed by atoms with E-state index < -0.39 is 0 Å². The van der Waals surface area contributed by atoms with E-state index in [0.717, 1.165) is 30.2 Å². The summed E-state index contributed by atoms with van der Waals surface area (Å²) in [5.41, 5.74) is 2.32. The van der Waals surface area contributed by atoms with Gasteiger partial charge in [-0.05, 0) is 23.8 Å². The molecule has 2 aromatic rings. The molecule has 0 aliphatic rings. The number of hydrogen-bond donors (Lipinski definition) is 1. The largest absolute Gasteiger partial charge is 0.497 e. The van der Waals surface area contributed by atoms with Crippen molar-refractivity contribution < 1.29 is 9.47 Å². The average molecular weight is 295 g/mol. The van der Waals surface area contributed by atoms with Gasteiger partial charge in [-0.1, -0.05) is 6.07 Å². The zero-order valence-electron chi connectivity index (χ0n) is 11.6. The molecule has 1 heterocycles. The summed E-state index contributed by atoms with van der Waals surface area (Å²) < 4.78 is 10.5. The Morgan fingerprint density at radius 2 is 1.75 bits per heavy atom. The van der Waals surface area contributed by atoms with E-state index in [9.17, 15) is 0 Å². The fourth-order valence-electron chi connectivity index (χ4n) is 1.84. The molecule has 4 nitrogen and oxygen atoms in total. The lowest BCUT2D eigenvalue weighted by Crippen LogP contribution is -2.13. The van der Waals surface area contributed by atoms with Crippen LogP contribution in [0.2, 0.25) is 0 Å². The second-order valence-corrected chi connectivity index (χ2v) is 4.14. The van der Waals surface area contributed by atoms with Gasteiger partial charge in [0.1, 0.15) is 11.5 Å². The van der Waals surface area contributed by atoms with E-state index in [1.54, 1.807) is 26.6 Å². The smallest absolute Gasteiger partial charge is 0.127 e. The van der Waals surface area contributed by atoms with Gasteiger partial charge in [0.05, 0.1) is 14.2 Å². The molecule has 0 atom stereocenters. The van der Waals surface area contributed by atoms with Gasteiger partial charge in [-0.25, -0.2) is 0 Å². The van der Waals surface area contributed by atoms with Gasteiger partial charge in [-0.2, -0.15) is 0 Å². The van der Waals surface area contributed by atoms with E-state index in [4.69, 9.17) is 9.47 Å². The van der Waals surface area contributed by atoms with Crippen LogP contribution in [0.15, 0.2) is 42.7 Å². The molecule has 1 N–H and O–H groups in total. The van der Waals surface area contributed by atoms with Crippen molar-refractivity contribution in [2.24, 2.45) is 0 Å². The van der Waals surface area contributed by atoms with E-state index in [1.807, 2.05) is 30.3 Å². The van der Waals surface area contributed by atoms with Gasteiger partial charge in [0.15, 0.2) is 0 Å². The number of nitrogens with one attached hydrogen (secondary N) is 1. The minimum Gasteiger partial charge on any atom is -0.497 e. The van der Waals surface area contributed by atoms with Crippen LogP contribution >= 0.6 is 12.4 Å². The van der Waals surface area contributed by atoms with Crippen LogP contribution < -0.4 is 14.8 Å². The first-order chi connectivity index (χ1) is 9.33. The van der Waals surface area contributed by atoms with Crippen LogP contribution in [-0.2, 0) is 13.1 Å². The molecule has 108 valence electrons. The summed E-state index contributed by atoms with van der Waals surface area (Å²) in [7, 11) is 3.32. The van der Waals surface area contributed by atoms with Crippen molar-refractivity contribution in [1.82, 2.24) is 10.3 Å². The highest BCUT2D eigenvalue weighted by atomic mass is 35.5. The molecule has 0 amide bonds. The van der Waals surface area contributed by atoms with E-state index >= 15 is 0 Å². The first-order valence-corrected chi connectivity index (χ1v) is 6.14. The van der Waals surface area contributed by atoms with Crippen molar-refractivity contribution in [1.29, 1.82) is 0 Å². The molecule has 0 aliphatic carbocycles. The van der Waals surface area contributed by atoms with Crippen molar-refractivity contribution in [3.05, 3.63) is 53.9 Å². The molecule has 0 saturated heterocycles. The highest BCUT2D eigenvalue weighted by Gasteiger charge is 2.04. The first kappa shape index (κ1) is 16.3. The number of benzene rings is 1. The Labute approximate surface area is 125 Å². The van der Waals surface area contributed by atoms with Gasteiger partial charge >= 0.3 is 0 Å². The highest BCUT2D eigenvalue weighted by molar-refractivity contribution is 5.85. The second-order valence-electron chi connectivity index (χ2n) is 4.14. The normalized spacial score (nSPS) is 9.70. The maximum atomic E-state index is 5.36. The molecule has 0 aliphatic heterocycles. The van der Waals surface area contributed by atoms with Crippen LogP contribution in [0.3, 0.4) is 0 Å². The van der Waals surface area contributed by atoms with Gasteiger partial charge < -0.3 is 14.8 Å². The zero-order valence-corrected chi connectivity index (χ0v) is 12.4. The first-order valence-electron chi connectivity index (χ1n) is 6.14. The molecule has 0 bridgehead atoms. The van der Waals surface area contributed by atoms with E-state index in [2.05, 4.69) is 10.3 Å². The molecule has 0 radical (unpaired) electrons. The fraction of sp³-hybridized carbons (Fsp3) is 0.267. The van der Waals surface area contributed by atoms with Gasteiger partial charge in [-0.3, -0.25) is 4.98 Å². The predicted octanol–water partition coefficient (Wildman–Crippen LogP) is 2.81. The van der Waals surface area contributed by atoms with E-state index in [0.29, 0.717) is 0 Å². The lowest BCUT2D eigenvalue weighted by atomic mass is 10.2. The van der Waals surface area contributed by atoms with Gasteiger partial charge in [0.25, 0.3) is 0 Å². The number of aromatic nitrogens is 1. The van der Waals surface area contributed by atoms with Crippen LogP contribution in [0.1, 0.15) is 11.1 Å². The van der Waals surface area contributed by atoms with Gasteiger partial charge in [0, 0.05) is 37.1 Å².